The third-order valence-electron chi connectivity index (χ3n) is 5.61. The van der Waals surface area contributed by atoms with Gasteiger partial charge < -0.3 is 19.6 Å². The number of anilines is 1. The number of aryl methyl sites for hydroxylation is 1. The minimum absolute atomic E-state index is 0.00748. The van der Waals surface area contributed by atoms with Crippen molar-refractivity contribution < 1.29 is 14.6 Å². The minimum atomic E-state index is -0.167. The largest absolute Gasteiger partial charge is 0.508 e. The quantitative estimate of drug-likeness (QED) is 0.743. The molecule has 0 saturated carbocycles. The zero-order valence-corrected chi connectivity index (χ0v) is 17.9. The third-order valence-corrected chi connectivity index (χ3v) is 5.61. The van der Waals surface area contributed by atoms with E-state index in [1.165, 1.54) is 4.68 Å². The van der Waals surface area contributed by atoms with Gasteiger partial charge in [0.05, 0.1) is 31.0 Å². The van der Waals surface area contributed by atoms with Gasteiger partial charge in [0.2, 0.25) is 5.91 Å². The van der Waals surface area contributed by atoms with Crippen molar-refractivity contribution in [3.63, 3.8) is 0 Å². The SMILES string of the molecule is COCCN(C)c1cnn([C@H]2CCCN(C(=O)Cc3ccc(C)c(O)c3)C2)c(=O)c1. The zero-order chi connectivity index (χ0) is 21.7. The Kier molecular flexibility index (Phi) is 7.10. The van der Waals surface area contributed by atoms with E-state index in [1.54, 1.807) is 30.3 Å². The smallest absolute Gasteiger partial charge is 0.269 e. The second-order valence-corrected chi connectivity index (χ2v) is 7.84. The van der Waals surface area contributed by atoms with Gasteiger partial charge in [-0.15, -0.1) is 0 Å². The Morgan fingerprint density at radius 2 is 2.17 bits per heavy atom. The Hall–Kier alpha value is -2.87. The average Bonchev–Trinajstić information content (AvgIpc) is 2.74. The summed E-state index contributed by atoms with van der Waals surface area (Å²) in [5.74, 6) is 0.190. The molecule has 0 spiro atoms. The summed E-state index contributed by atoms with van der Waals surface area (Å²) in [4.78, 5) is 29.2. The number of carbonyl (C=O) groups is 1. The lowest BCUT2D eigenvalue weighted by Gasteiger charge is -2.33. The van der Waals surface area contributed by atoms with Gasteiger partial charge in [0, 0.05) is 39.9 Å². The third kappa shape index (κ3) is 5.18. The fourth-order valence-electron chi connectivity index (χ4n) is 3.68. The van der Waals surface area contributed by atoms with Gasteiger partial charge in [-0.2, -0.15) is 5.10 Å². The van der Waals surface area contributed by atoms with Gasteiger partial charge in [-0.25, -0.2) is 4.68 Å². The van der Waals surface area contributed by atoms with Crippen molar-refractivity contribution >= 4 is 11.6 Å². The maximum Gasteiger partial charge on any atom is 0.269 e. The Morgan fingerprint density at radius 1 is 1.37 bits per heavy atom. The van der Waals surface area contributed by atoms with E-state index in [2.05, 4.69) is 5.10 Å². The molecular weight excluding hydrogens is 384 g/mol. The Bertz CT molecular complexity index is 943. The van der Waals surface area contributed by atoms with Crippen LogP contribution in [0.3, 0.4) is 0 Å². The highest BCUT2D eigenvalue weighted by atomic mass is 16.5. The molecule has 1 saturated heterocycles. The van der Waals surface area contributed by atoms with Crippen LogP contribution in [-0.2, 0) is 16.0 Å². The van der Waals surface area contributed by atoms with Crippen LogP contribution in [0.1, 0.15) is 30.0 Å². The molecular formula is C22H30N4O4. The highest BCUT2D eigenvalue weighted by Gasteiger charge is 2.26. The maximum atomic E-state index is 12.8. The summed E-state index contributed by atoms with van der Waals surface area (Å²) in [5.41, 5.74) is 2.14. The number of aromatic hydroxyl groups is 1. The predicted molar refractivity (Wildman–Crippen MR) is 115 cm³/mol. The van der Waals surface area contributed by atoms with Crippen molar-refractivity contribution in [3.05, 3.63) is 51.9 Å². The van der Waals surface area contributed by atoms with E-state index >= 15 is 0 Å². The monoisotopic (exact) mass is 414 g/mol. The number of phenols is 1. The van der Waals surface area contributed by atoms with E-state index in [0.717, 1.165) is 29.7 Å². The summed E-state index contributed by atoms with van der Waals surface area (Å²) in [7, 11) is 3.53. The number of hydrogen-bond donors (Lipinski definition) is 1. The number of nitrogens with zero attached hydrogens (tertiary/aromatic N) is 4. The number of benzene rings is 1. The Morgan fingerprint density at radius 3 is 2.87 bits per heavy atom. The fourth-order valence-corrected chi connectivity index (χ4v) is 3.68. The van der Waals surface area contributed by atoms with Crippen LogP contribution in [0.25, 0.3) is 0 Å². The van der Waals surface area contributed by atoms with Gasteiger partial charge in [-0.05, 0) is 37.0 Å². The summed E-state index contributed by atoms with van der Waals surface area (Å²) in [6.45, 7) is 4.18. The van der Waals surface area contributed by atoms with Crippen LogP contribution in [-0.4, -0.2) is 66.1 Å². The first-order valence-electron chi connectivity index (χ1n) is 10.2. The maximum absolute atomic E-state index is 12.8. The molecule has 1 atom stereocenters. The molecule has 1 aliphatic heterocycles. The van der Waals surface area contributed by atoms with E-state index in [-0.39, 0.29) is 29.7 Å². The molecule has 8 heteroatoms. The van der Waals surface area contributed by atoms with Crippen LogP contribution >= 0.6 is 0 Å². The van der Waals surface area contributed by atoms with E-state index in [4.69, 9.17) is 4.74 Å². The van der Waals surface area contributed by atoms with Crippen LogP contribution in [0.15, 0.2) is 35.3 Å². The first-order valence-corrected chi connectivity index (χ1v) is 10.2. The molecule has 3 rings (SSSR count). The van der Waals surface area contributed by atoms with Crippen molar-refractivity contribution in [2.75, 3.05) is 45.3 Å². The predicted octanol–water partition coefficient (Wildman–Crippen LogP) is 1.75. The standard InChI is InChI=1S/C22H30N4O4/c1-16-6-7-17(11-20(16)27)12-21(28)25-8-4-5-18(15-25)26-22(29)13-19(14-23-26)24(2)9-10-30-3/h6-7,11,13-14,18,27H,4-5,8-10,12,15H2,1-3H3/t18-/m0/s1. The number of methoxy groups -OCH3 is 1. The Balaban J connectivity index is 1.67. The number of likely N-dealkylation sites (tertiary alicyclic amines) is 1. The molecule has 0 bridgehead atoms. The number of ether oxygens (including phenoxy) is 1. The summed E-state index contributed by atoms with van der Waals surface area (Å²) >= 11 is 0. The van der Waals surface area contributed by atoms with Crippen molar-refractivity contribution in [1.82, 2.24) is 14.7 Å². The van der Waals surface area contributed by atoms with Gasteiger partial charge in [0.1, 0.15) is 5.75 Å². The van der Waals surface area contributed by atoms with E-state index in [0.29, 0.717) is 26.2 Å². The molecule has 1 aliphatic rings. The Labute approximate surface area is 176 Å². The average molecular weight is 415 g/mol. The first-order chi connectivity index (χ1) is 14.4. The van der Waals surface area contributed by atoms with Gasteiger partial charge in [0.25, 0.3) is 5.56 Å². The normalized spacial score (nSPS) is 16.5. The molecule has 0 aliphatic carbocycles. The lowest BCUT2D eigenvalue weighted by atomic mass is 10.0. The molecule has 162 valence electrons. The molecule has 8 nitrogen and oxygen atoms in total. The molecule has 2 heterocycles. The van der Waals surface area contributed by atoms with Gasteiger partial charge in [-0.3, -0.25) is 9.59 Å². The summed E-state index contributed by atoms with van der Waals surface area (Å²) in [5, 5.41) is 14.3. The van der Waals surface area contributed by atoms with Gasteiger partial charge >= 0.3 is 0 Å². The molecule has 1 aromatic heterocycles. The number of rotatable bonds is 7. The van der Waals surface area contributed by atoms with Crippen LogP contribution in [0.5, 0.6) is 5.75 Å². The number of phenolic OH excluding ortho intramolecular Hbond substituents is 1. The zero-order valence-electron chi connectivity index (χ0n) is 17.9. The van der Waals surface area contributed by atoms with Crippen molar-refractivity contribution in [1.29, 1.82) is 0 Å². The molecule has 1 amide bonds. The second kappa shape index (κ2) is 9.75. The number of carbonyl (C=O) groups excluding carboxylic acids is 1. The highest BCUT2D eigenvalue weighted by molar-refractivity contribution is 5.79. The lowest BCUT2D eigenvalue weighted by molar-refractivity contribution is -0.132. The van der Waals surface area contributed by atoms with E-state index < -0.39 is 0 Å². The van der Waals surface area contributed by atoms with Gasteiger partial charge in [-0.1, -0.05) is 12.1 Å². The van der Waals surface area contributed by atoms with E-state index in [1.807, 2.05) is 31.0 Å². The number of piperidine rings is 1. The van der Waals surface area contributed by atoms with Crippen molar-refractivity contribution in [2.24, 2.45) is 0 Å². The van der Waals surface area contributed by atoms with Gasteiger partial charge in [0.15, 0.2) is 0 Å². The van der Waals surface area contributed by atoms with Crippen molar-refractivity contribution in [2.45, 2.75) is 32.2 Å². The molecule has 2 aromatic rings. The summed E-state index contributed by atoms with van der Waals surface area (Å²) < 4.78 is 6.57. The first kappa shape index (κ1) is 21.8. The summed E-state index contributed by atoms with van der Waals surface area (Å²) in [6, 6.07) is 6.75. The van der Waals surface area contributed by atoms with Crippen LogP contribution in [0.4, 0.5) is 5.69 Å². The minimum Gasteiger partial charge on any atom is -0.508 e. The molecule has 1 N–H and O–H groups in total. The molecule has 1 fully saturated rings. The molecule has 0 radical (unpaired) electrons. The van der Waals surface area contributed by atoms with Crippen LogP contribution < -0.4 is 10.5 Å². The number of likely N-dealkylation sites (N-methyl/N-ethyl adjacent to an activating group) is 1. The fraction of sp³-hybridized carbons (Fsp3) is 0.500. The number of amides is 1. The summed E-state index contributed by atoms with van der Waals surface area (Å²) in [6.07, 6.45) is 3.54. The van der Waals surface area contributed by atoms with Crippen LogP contribution in [0.2, 0.25) is 0 Å². The molecule has 30 heavy (non-hydrogen) atoms. The molecule has 0 unspecified atom stereocenters. The highest BCUT2D eigenvalue weighted by Crippen LogP contribution is 2.22. The lowest BCUT2D eigenvalue weighted by Crippen LogP contribution is -2.44. The second-order valence-electron chi connectivity index (χ2n) is 7.84. The molecule has 1 aromatic carbocycles. The topological polar surface area (TPSA) is 87.9 Å². The van der Waals surface area contributed by atoms with Crippen molar-refractivity contribution in [3.8, 4) is 5.75 Å². The van der Waals surface area contributed by atoms with Crippen LogP contribution in [0, 0.1) is 6.92 Å². The van der Waals surface area contributed by atoms with E-state index in [9.17, 15) is 14.7 Å². The number of hydrogen-bond acceptors (Lipinski definition) is 6. The number of aromatic nitrogens is 2.